The van der Waals surface area contributed by atoms with Gasteiger partial charge in [-0.05, 0) is 18.2 Å². The summed E-state index contributed by atoms with van der Waals surface area (Å²) in [6.07, 6.45) is 1.34. The Morgan fingerprint density at radius 3 is 2.50 bits per heavy atom. The van der Waals surface area contributed by atoms with Crippen LogP contribution >= 0.6 is 0 Å². The number of anilines is 1. The summed E-state index contributed by atoms with van der Waals surface area (Å²) in [6, 6.07) is 11.7. The summed E-state index contributed by atoms with van der Waals surface area (Å²) in [6.45, 7) is -0.0190. The summed E-state index contributed by atoms with van der Waals surface area (Å²) in [5, 5.41) is 2.72. The number of carbonyl (C=O) groups excluding carboxylic acids is 1. The Morgan fingerprint density at radius 2 is 1.80 bits per heavy atom. The van der Waals surface area contributed by atoms with E-state index in [4.69, 9.17) is 18.9 Å². The van der Waals surface area contributed by atoms with E-state index in [9.17, 15) is 9.59 Å². The maximum atomic E-state index is 12.5. The van der Waals surface area contributed by atoms with Gasteiger partial charge in [-0.25, -0.2) is 4.98 Å². The first kappa shape index (κ1) is 19.3. The fourth-order valence-electron chi connectivity index (χ4n) is 2.99. The highest BCUT2D eigenvalue weighted by Gasteiger charge is 2.15. The fraction of sp³-hybridized carbons (Fsp3) is 0.190. The van der Waals surface area contributed by atoms with Gasteiger partial charge in [-0.3, -0.25) is 14.2 Å². The van der Waals surface area contributed by atoms with Crippen LogP contribution in [0, 0.1) is 0 Å². The molecule has 0 unspecified atom stereocenters. The molecule has 4 rings (SSSR count). The number of carbonyl (C=O) groups is 1. The molecule has 2 aromatic carbocycles. The van der Waals surface area contributed by atoms with Crippen LogP contribution in [0.5, 0.6) is 23.0 Å². The molecule has 0 saturated heterocycles. The molecule has 0 saturated carbocycles. The van der Waals surface area contributed by atoms with E-state index < -0.39 is 0 Å². The molecule has 0 bridgehead atoms. The quantitative estimate of drug-likeness (QED) is 0.667. The second kappa shape index (κ2) is 8.16. The van der Waals surface area contributed by atoms with Crippen LogP contribution in [0.3, 0.4) is 0 Å². The largest absolute Gasteiger partial charge is 0.497 e. The molecular weight excluding hydrogens is 390 g/mol. The molecule has 0 spiro atoms. The number of amides is 1. The van der Waals surface area contributed by atoms with Crippen molar-refractivity contribution in [1.82, 2.24) is 9.55 Å². The summed E-state index contributed by atoms with van der Waals surface area (Å²) < 4.78 is 22.2. The van der Waals surface area contributed by atoms with Crippen molar-refractivity contribution < 1.29 is 23.7 Å². The molecule has 1 amide bonds. The minimum Gasteiger partial charge on any atom is -0.497 e. The first-order valence-corrected chi connectivity index (χ1v) is 9.05. The summed E-state index contributed by atoms with van der Waals surface area (Å²) in [7, 11) is 3.04. The van der Waals surface area contributed by atoms with Crippen molar-refractivity contribution >= 4 is 11.6 Å². The van der Waals surface area contributed by atoms with E-state index in [1.54, 1.807) is 36.4 Å². The summed E-state index contributed by atoms with van der Waals surface area (Å²) >= 11 is 0. The number of nitrogens with zero attached hydrogens (tertiary/aromatic N) is 2. The molecule has 0 atom stereocenters. The molecule has 9 nitrogen and oxygen atoms in total. The number of ether oxygens (including phenoxy) is 4. The van der Waals surface area contributed by atoms with E-state index in [0.717, 1.165) is 5.56 Å². The predicted molar refractivity (Wildman–Crippen MR) is 108 cm³/mol. The van der Waals surface area contributed by atoms with Crippen LogP contribution in [0.1, 0.15) is 0 Å². The molecule has 1 aromatic heterocycles. The second-order valence-electron chi connectivity index (χ2n) is 6.46. The highest BCUT2D eigenvalue weighted by atomic mass is 16.7. The number of hydrogen-bond donors (Lipinski definition) is 1. The van der Waals surface area contributed by atoms with Crippen molar-refractivity contribution in [3.63, 3.8) is 0 Å². The van der Waals surface area contributed by atoms with Gasteiger partial charge in [-0.15, -0.1) is 0 Å². The third kappa shape index (κ3) is 4.04. The Morgan fingerprint density at radius 1 is 1.07 bits per heavy atom. The fourth-order valence-corrected chi connectivity index (χ4v) is 2.99. The van der Waals surface area contributed by atoms with Gasteiger partial charge in [0.1, 0.15) is 18.0 Å². The van der Waals surface area contributed by atoms with Gasteiger partial charge in [-0.1, -0.05) is 0 Å². The van der Waals surface area contributed by atoms with E-state index in [0.29, 0.717) is 34.4 Å². The van der Waals surface area contributed by atoms with Gasteiger partial charge in [0, 0.05) is 35.5 Å². The van der Waals surface area contributed by atoms with Crippen molar-refractivity contribution in [2.24, 2.45) is 0 Å². The van der Waals surface area contributed by atoms with Crippen LogP contribution in [0.15, 0.2) is 53.6 Å². The topological polar surface area (TPSA) is 101 Å². The normalized spacial score (nSPS) is 11.8. The molecule has 0 radical (unpaired) electrons. The van der Waals surface area contributed by atoms with Crippen LogP contribution in [-0.2, 0) is 11.3 Å². The van der Waals surface area contributed by atoms with Crippen molar-refractivity contribution in [2.75, 3.05) is 26.3 Å². The minimum absolute atomic E-state index is 0.169. The SMILES string of the molecule is COc1cc(NC(=O)Cn2cnc(-c3ccc4c(c3)OCO4)cc2=O)cc(OC)c1. The van der Waals surface area contributed by atoms with E-state index >= 15 is 0 Å². The van der Waals surface area contributed by atoms with E-state index in [2.05, 4.69) is 10.3 Å². The Kier molecular flexibility index (Phi) is 5.25. The molecule has 30 heavy (non-hydrogen) atoms. The van der Waals surface area contributed by atoms with Gasteiger partial charge >= 0.3 is 0 Å². The summed E-state index contributed by atoms with van der Waals surface area (Å²) in [4.78, 5) is 29.2. The van der Waals surface area contributed by atoms with Gasteiger partial charge in [-0.2, -0.15) is 0 Å². The number of methoxy groups -OCH3 is 2. The number of fused-ring (bicyclic) bond motifs is 1. The molecule has 154 valence electrons. The lowest BCUT2D eigenvalue weighted by atomic mass is 10.1. The van der Waals surface area contributed by atoms with Gasteiger partial charge in [0.15, 0.2) is 11.5 Å². The first-order valence-electron chi connectivity index (χ1n) is 9.05. The standard InChI is InChI=1S/C21H19N3O6/c1-27-15-6-14(7-16(8-15)28-2)23-20(25)10-24-11-22-17(9-21(24)26)13-3-4-18-19(5-13)30-12-29-18/h3-9,11H,10,12H2,1-2H3,(H,23,25). The van der Waals surface area contributed by atoms with E-state index in [1.165, 1.54) is 31.2 Å². The summed E-state index contributed by atoms with van der Waals surface area (Å²) in [5.41, 5.74) is 1.34. The lowest BCUT2D eigenvalue weighted by Gasteiger charge is -2.11. The van der Waals surface area contributed by atoms with Gasteiger partial charge in [0.25, 0.3) is 5.56 Å². The molecule has 0 fully saturated rings. The molecule has 3 aromatic rings. The zero-order chi connectivity index (χ0) is 21.1. The molecule has 1 aliphatic rings. The number of nitrogens with one attached hydrogen (secondary N) is 1. The van der Waals surface area contributed by atoms with E-state index in [1.807, 2.05) is 0 Å². The third-order valence-electron chi connectivity index (χ3n) is 4.50. The maximum Gasteiger partial charge on any atom is 0.254 e. The van der Waals surface area contributed by atoms with Gasteiger partial charge < -0.3 is 24.3 Å². The zero-order valence-electron chi connectivity index (χ0n) is 16.4. The summed E-state index contributed by atoms with van der Waals surface area (Å²) in [5.74, 6) is 1.95. The smallest absolute Gasteiger partial charge is 0.254 e. The number of benzene rings is 2. The second-order valence-corrected chi connectivity index (χ2v) is 6.46. The Bertz CT molecular complexity index is 1140. The Labute approximate surface area is 171 Å². The van der Waals surface area contributed by atoms with E-state index in [-0.39, 0.29) is 24.8 Å². The third-order valence-corrected chi connectivity index (χ3v) is 4.50. The van der Waals surface area contributed by atoms with Crippen molar-refractivity contribution in [2.45, 2.75) is 6.54 Å². The lowest BCUT2D eigenvalue weighted by Crippen LogP contribution is -2.27. The lowest BCUT2D eigenvalue weighted by molar-refractivity contribution is -0.116. The highest BCUT2D eigenvalue weighted by molar-refractivity contribution is 5.91. The van der Waals surface area contributed by atoms with Crippen LogP contribution in [0.25, 0.3) is 11.3 Å². The Balaban J connectivity index is 1.49. The zero-order valence-corrected chi connectivity index (χ0v) is 16.4. The van der Waals surface area contributed by atoms with Crippen molar-refractivity contribution in [1.29, 1.82) is 0 Å². The van der Waals surface area contributed by atoms with Crippen LogP contribution in [0.4, 0.5) is 5.69 Å². The number of rotatable bonds is 6. The Hall–Kier alpha value is -4.01. The van der Waals surface area contributed by atoms with Crippen molar-refractivity contribution in [3.05, 3.63) is 59.1 Å². The molecule has 9 heteroatoms. The molecular formula is C21H19N3O6. The number of hydrogen-bond acceptors (Lipinski definition) is 7. The van der Waals surface area contributed by atoms with Crippen LogP contribution in [0.2, 0.25) is 0 Å². The molecule has 0 aliphatic carbocycles. The number of aromatic nitrogens is 2. The average molecular weight is 409 g/mol. The van der Waals surface area contributed by atoms with Crippen LogP contribution in [-0.4, -0.2) is 36.5 Å². The average Bonchev–Trinajstić information content (AvgIpc) is 3.22. The van der Waals surface area contributed by atoms with Gasteiger partial charge in [0.05, 0.1) is 26.2 Å². The van der Waals surface area contributed by atoms with Crippen molar-refractivity contribution in [3.8, 4) is 34.3 Å². The van der Waals surface area contributed by atoms with Gasteiger partial charge in [0.2, 0.25) is 12.7 Å². The van der Waals surface area contributed by atoms with Crippen LogP contribution < -0.4 is 29.8 Å². The monoisotopic (exact) mass is 409 g/mol. The molecule has 1 N–H and O–H groups in total. The molecule has 1 aliphatic heterocycles. The maximum absolute atomic E-state index is 12.5. The highest BCUT2D eigenvalue weighted by Crippen LogP contribution is 2.35. The predicted octanol–water partition coefficient (Wildman–Crippen LogP) is 2.29. The first-order chi connectivity index (χ1) is 14.6. The minimum atomic E-state index is -0.384. The molecule has 2 heterocycles.